The molecule has 0 amide bonds. The van der Waals surface area contributed by atoms with Crippen LogP contribution in [0, 0.1) is 0 Å². The van der Waals surface area contributed by atoms with E-state index in [9.17, 15) is 19.0 Å². The molecule has 0 heterocycles. The highest BCUT2D eigenvalue weighted by atomic mass is 31.2. The number of hydrogen-bond acceptors (Lipinski definition) is 8. The van der Waals surface area contributed by atoms with E-state index < -0.39 is 26.5 Å². The molecule has 0 aromatic carbocycles. The van der Waals surface area contributed by atoms with Crippen molar-refractivity contribution in [1.29, 1.82) is 0 Å². The molecule has 0 aliphatic rings. The molecule has 0 aliphatic carbocycles. The van der Waals surface area contributed by atoms with Gasteiger partial charge in [-0.15, -0.1) is 0 Å². The van der Waals surface area contributed by atoms with Crippen LogP contribution in [0.15, 0.2) is 72.9 Å². The van der Waals surface area contributed by atoms with E-state index in [1.54, 1.807) is 0 Å². The van der Waals surface area contributed by atoms with Crippen LogP contribution >= 0.6 is 7.82 Å². The van der Waals surface area contributed by atoms with Crippen LogP contribution in [0.25, 0.3) is 0 Å². The average molecular weight is 1110 g/mol. The summed E-state index contributed by atoms with van der Waals surface area (Å²) in [5.74, 6) is -0.827. The smallest absolute Gasteiger partial charge is 0.306 e. The lowest BCUT2D eigenvalue weighted by atomic mass is 10.0. The molecule has 0 saturated heterocycles. The summed E-state index contributed by atoms with van der Waals surface area (Å²) >= 11 is 0. The topological polar surface area (TPSA) is 111 Å². The zero-order chi connectivity index (χ0) is 57.0. The molecule has 2 unspecified atom stereocenters. The first-order valence-corrected chi connectivity index (χ1v) is 34.1. The van der Waals surface area contributed by atoms with Gasteiger partial charge in [-0.05, 0) is 83.5 Å². The Bertz CT molecular complexity index is 1550. The van der Waals surface area contributed by atoms with Gasteiger partial charge in [-0.25, -0.2) is 0 Å². The molecule has 0 rings (SSSR count). The molecule has 0 saturated carbocycles. The number of rotatable bonds is 60. The maximum Gasteiger partial charge on any atom is 0.306 e. The SMILES string of the molecule is CC/C=C\C/C=C\C/C=C\C/C=C\CCCCCCCCCCCCCCCCCCCCCCC(=O)OC(COC(=O)CCCCCCCCCCC/C=C\C/C=C\CCCCCCC)COP(=O)([O-])OCC[N+](C)(C)C. The van der Waals surface area contributed by atoms with Crippen molar-refractivity contribution in [2.45, 2.75) is 302 Å². The van der Waals surface area contributed by atoms with Gasteiger partial charge in [0.1, 0.15) is 19.8 Å². The zero-order valence-electron chi connectivity index (χ0n) is 51.6. The first-order valence-electron chi connectivity index (χ1n) is 32.6. The molecule has 9 nitrogen and oxygen atoms in total. The Labute approximate surface area is 482 Å². The van der Waals surface area contributed by atoms with E-state index in [0.29, 0.717) is 17.4 Å². The van der Waals surface area contributed by atoms with Gasteiger partial charge in [0.15, 0.2) is 6.10 Å². The van der Waals surface area contributed by atoms with E-state index in [1.165, 1.54) is 193 Å². The summed E-state index contributed by atoms with van der Waals surface area (Å²) in [7, 11) is 1.17. The Morgan fingerprint density at radius 3 is 1.09 bits per heavy atom. The number of carbonyl (C=O) groups is 2. The van der Waals surface area contributed by atoms with Crippen LogP contribution in [0.1, 0.15) is 296 Å². The number of allylic oxidation sites excluding steroid dienone is 12. The second-order valence-electron chi connectivity index (χ2n) is 23.1. The van der Waals surface area contributed by atoms with E-state index in [0.717, 1.165) is 70.6 Å². The minimum absolute atomic E-state index is 0.0319. The number of esters is 2. The zero-order valence-corrected chi connectivity index (χ0v) is 52.5. The third kappa shape index (κ3) is 62.6. The van der Waals surface area contributed by atoms with Crippen LogP contribution in [-0.2, 0) is 32.7 Å². The molecule has 0 aromatic heterocycles. The molecular formula is C68H124NO8P. The number of phosphoric ester groups is 1. The van der Waals surface area contributed by atoms with Crippen LogP contribution in [0.5, 0.6) is 0 Å². The van der Waals surface area contributed by atoms with Crippen LogP contribution in [-0.4, -0.2) is 70.0 Å². The third-order valence-electron chi connectivity index (χ3n) is 14.2. The van der Waals surface area contributed by atoms with Crippen molar-refractivity contribution in [3.8, 4) is 0 Å². The van der Waals surface area contributed by atoms with Crippen LogP contribution in [0.3, 0.4) is 0 Å². The van der Waals surface area contributed by atoms with Gasteiger partial charge in [0.25, 0.3) is 7.82 Å². The number of phosphoric acid groups is 1. The van der Waals surface area contributed by atoms with E-state index >= 15 is 0 Å². The lowest BCUT2D eigenvalue weighted by Crippen LogP contribution is -2.37. The second-order valence-corrected chi connectivity index (χ2v) is 24.5. The summed E-state index contributed by atoms with van der Waals surface area (Å²) in [6.07, 6.45) is 78.2. The molecule has 0 N–H and O–H groups in total. The summed E-state index contributed by atoms with van der Waals surface area (Å²) in [5, 5.41) is 0. The first-order chi connectivity index (χ1) is 38.0. The van der Waals surface area contributed by atoms with Crippen molar-refractivity contribution in [2.24, 2.45) is 0 Å². The lowest BCUT2D eigenvalue weighted by Gasteiger charge is -2.28. The van der Waals surface area contributed by atoms with Crippen molar-refractivity contribution in [3.05, 3.63) is 72.9 Å². The molecule has 2 atom stereocenters. The monoisotopic (exact) mass is 1110 g/mol. The predicted molar refractivity (Wildman–Crippen MR) is 333 cm³/mol. The molecule has 454 valence electrons. The van der Waals surface area contributed by atoms with E-state index in [1.807, 2.05) is 21.1 Å². The van der Waals surface area contributed by atoms with Gasteiger partial charge in [0.05, 0.1) is 27.7 Å². The summed E-state index contributed by atoms with van der Waals surface area (Å²) < 4.78 is 34.3. The predicted octanol–water partition coefficient (Wildman–Crippen LogP) is 20.2. The first kappa shape index (κ1) is 75.5. The molecule has 0 spiro atoms. The van der Waals surface area contributed by atoms with Crippen molar-refractivity contribution in [2.75, 3.05) is 47.5 Å². The average Bonchev–Trinajstić information content (AvgIpc) is 3.41. The van der Waals surface area contributed by atoms with Gasteiger partial charge in [-0.2, -0.15) is 0 Å². The van der Waals surface area contributed by atoms with Crippen molar-refractivity contribution >= 4 is 19.8 Å². The molecule has 0 radical (unpaired) electrons. The minimum atomic E-state index is -4.64. The highest BCUT2D eigenvalue weighted by Gasteiger charge is 2.22. The van der Waals surface area contributed by atoms with Gasteiger partial charge >= 0.3 is 11.9 Å². The Morgan fingerprint density at radius 1 is 0.410 bits per heavy atom. The van der Waals surface area contributed by atoms with Gasteiger partial charge in [0, 0.05) is 12.8 Å². The maximum atomic E-state index is 12.8. The fourth-order valence-corrected chi connectivity index (χ4v) is 9.94. The Balaban J connectivity index is 4.04. The molecule has 78 heavy (non-hydrogen) atoms. The Hall–Kier alpha value is -2.55. The van der Waals surface area contributed by atoms with Crippen molar-refractivity contribution in [1.82, 2.24) is 0 Å². The number of unbranched alkanes of at least 4 members (excludes halogenated alkanes) is 34. The fourth-order valence-electron chi connectivity index (χ4n) is 9.21. The Kier molecular flexibility index (Phi) is 57.2. The van der Waals surface area contributed by atoms with Crippen LogP contribution < -0.4 is 4.89 Å². The summed E-state index contributed by atoms with van der Waals surface area (Å²) in [6.45, 7) is 4.15. The molecule has 10 heteroatoms. The van der Waals surface area contributed by atoms with Gasteiger partial charge in [-0.3, -0.25) is 14.2 Å². The molecule has 0 bridgehead atoms. The summed E-state index contributed by atoms with van der Waals surface area (Å²) in [5.41, 5.74) is 0. The molecule has 0 fully saturated rings. The number of likely N-dealkylation sites (N-methyl/N-ethyl adjacent to an activating group) is 1. The number of hydrogen-bond donors (Lipinski definition) is 0. The minimum Gasteiger partial charge on any atom is -0.756 e. The lowest BCUT2D eigenvalue weighted by molar-refractivity contribution is -0.870. The number of carbonyl (C=O) groups excluding carboxylic acids is 2. The highest BCUT2D eigenvalue weighted by molar-refractivity contribution is 7.45. The standard InChI is InChI=1S/C68H124NO8P/c1-6-8-10-12-14-16-18-20-22-24-26-28-29-30-31-32-33-34-35-36-37-38-39-41-43-45-47-49-51-53-55-57-59-61-68(71)77-66(65-76-78(72,73)75-63-62-69(3,4)5)64-74-67(70)60-58-56-54-52-50-48-46-44-42-40-27-25-23-21-19-17-15-13-11-9-7-2/h8,10,14,16,19-22,25-28,66H,6-7,9,11-13,15,17-18,23-24,29-65H2,1-5H3/b10-8-,16-14-,21-19-,22-20-,27-25-,28-26-. The Morgan fingerprint density at radius 2 is 0.731 bits per heavy atom. The fraction of sp³-hybridized carbons (Fsp3) is 0.794. The third-order valence-corrected chi connectivity index (χ3v) is 15.2. The van der Waals surface area contributed by atoms with E-state index in [-0.39, 0.29) is 32.0 Å². The number of quaternary nitrogens is 1. The largest absolute Gasteiger partial charge is 0.756 e. The van der Waals surface area contributed by atoms with Crippen LogP contribution in [0.4, 0.5) is 0 Å². The normalized spacial score (nSPS) is 13.7. The summed E-state index contributed by atoms with van der Waals surface area (Å²) in [6, 6.07) is 0. The number of nitrogens with zero attached hydrogens (tertiary/aromatic N) is 1. The molecular weight excluding hydrogens is 990 g/mol. The van der Waals surface area contributed by atoms with Gasteiger partial charge < -0.3 is 27.9 Å². The van der Waals surface area contributed by atoms with E-state index in [4.69, 9.17) is 18.5 Å². The molecule has 0 aliphatic heterocycles. The highest BCUT2D eigenvalue weighted by Crippen LogP contribution is 2.38. The van der Waals surface area contributed by atoms with Crippen LogP contribution in [0.2, 0.25) is 0 Å². The van der Waals surface area contributed by atoms with Crippen molar-refractivity contribution in [3.63, 3.8) is 0 Å². The maximum absolute atomic E-state index is 12.8. The molecule has 0 aromatic rings. The van der Waals surface area contributed by atoms with Gasteiger partial charge in [0.2, 0.25) is 0 Å². The quantitative estimate of drug-likeness (QED) is 0.0195. The van der Waals surface area contributed by atoms with Gasteiger partial charge in [-0.1, -0.05) is 273 Å². The van der Waals surface area contributed by atoms with Crippen molar-refractivity contribution < 1.29 is 42.1 Å². The second kappa shape index (κ2) is 59.1. The summed E-state index contributed by atoms with van der Waals surface area (Å²) in [4.78, 5) is 38.0. The van der Waals surface area contributed by atoms with E-state index in [2.05, 4.69) is 86.8 Å². The number of ether oxygens (including phenoxy) is 2.